The highest BCUT2D eigenvalue weighted by Crippen LogP contribution is 2.29. The van der Waals surface area contributed by atoms with Crippen molar-refractivity contribution in [3.8, 4) is 5.75 Å². The number of carbonyl (C=O) groups is 1. The van der Waals surface area contributed by atoms with E-state index in [0.29, 0.717) is 0 Å². The van der Waals surface area contributed by atoms with Crippen LogP contribution >= 0.6 is 0 Å². The lowest BCUT2D eigenvalue weighted by molar-refractivity contribution is -0.139. The molecule has 0 bridgehead atoms. The second kappa shape index (κ2) is 6.09. The van der Waals surface area contributed by atoms with Gasteiger partial charge < -0.3 is 9.84 Å². The first-order chi connectivity index (χ1) is 8.75. The third-order valence-corrected chi connectivity index (χ3v) is 3.44. The van der Waals surface area contributed by atoms with E-state index >= 15 is 0 Å². The number of hydrogen-bond acceptors (Lipinski definition) is 2. The van der Waals surface area contributed by atoms with Crippen molar-refractivity contribution in [2.45, 2.75) is 47.0 Å². The maximum Gasteiger partial charge on any atom is 0.303 e. The van der Waals surface area contributed by atoms with Gasteiger partial charge in [0.2, 0.25) is 0 Å². The zero-order valence-electron chi connectivity index (χ0n) is 12.5. The summed E-state index contributed by atoms with van der Waals surface area (Å²) in [6.45, 7) is 8.09. The van der Waals surface area contributed by atoms with E-state index in [0.717, 1.165) is 29.7 Å². The van der Waals surface area contributed by atoms with Crippen molar-refractivity contribution in [3.63, 3.8) is 0 Å². The standard InChI is InChI=1S/C16H24O3/c1-11-8-13(9-12(2)15(11)19-5)6-7-16(3,4)10-14(17)18/h8-9H,6-7,10H2,1-5H3,(H,17,18). The molecule has 19 heavy (non-hydrogen) atoms. The lowest BCUT2D eigenvalue weighted by Crippen LogP contribution is -2.17. The van der Waals surface area contributed by atoms with Crippen molar-refractivity contribution in [2.75, 3.05) is 7.11 Å². The number of carboxylic acid groups (broad SMARTS) is 1. The second-order valence-corrected chi connectivity index (χ2v) is 6.00. The summed E-state index contributed by atoms with van der Waals surface area (Å²) in [5.74, 6) is 0.209. The third-order valence-electron chi connectivity index (χ3n) is 3.44. The number of aryl methyl sites for hydroxylation is 3. The number of methoxy groups -OCH3 is 1. The van der Waals surface area contributed by atoms with Gasteiger partial charge in [-0.3, -0.25) is 4.79 Å². The summed E-state index contributed by atoms with van der Waals surface area (Å²) in [4.78, 5) is 10.8. The lowest BCUT2D eigenvalue weighted by Gasteiger charge is -2.22. The molecule has 0 amide bonds. The van der Waals surface area contributed by atoms with E-state index < -0.39 is 5.97 Å². The van der Waals surface area contributed by atoms with E-state index in [1.807, 2.05) is 27.7 Å². The van der Waals surface area contributed by atoms with Gasteiger partial charge in [-0.1, -0.05) is 26.0 Å². The van der Waals surface area contributed by atoms with Crippen LogP contribution in [0.1, 0.15) is 43.4 Å². The molecule has 1 aromatic carbocycles. The molecule has 0 aliphatic heterocycles. The van der Waals surface area contributed by atoms with Crippen LogP contribution < -0.4 is 4.74 Å². The van der Waals surface area contributed by atoms with Gasteiger partial charge in [0, 0.05) is 0 Å². The number of benzene rings is 1. The Morgan fingerprint density at radius 2 is 1.79 bits per heavy atom. The molecule has 106 valence electrons. The maximum absolute atomic E-state index is 10.8. The second-order valence-electron chi connectivity index (χ2n) is 6.00. The number of carboxylic acids is 1. The van der Waals surface area contributed by atoms with Crippen LogP contribution in [0, 0.1) is 19.3 Å². The highest BCUT2D eigenvalue weighted by Gasteiger charge is 2.21. The van der Waals surface area contributed by atoms with Crippen molar-refractivity contribution in [3.05, 3.63) is 28.8 Å². The molecule has 3 heteroatoms. The van der Waals surface area contributed by atoms with Crippen molar-refractivity contribution in [1.29, 1.82) is 0 Å². The first-order valence-corrected chi connectivity index (χ1v) is 6.61. The molecule has 0 aliphatic carbocycles. The molecule has 3 nitrogen and oxygen atoms in total. The molecule has 0 radical (unpaired) electrons. The summed E-state index contributed by atoms with van der Waals surface area (Å²) in [6.07, 6.45) is 1.97. The van der Waals surface area contributed by atoms with Crippen LogP contribution in [0.5, 0.6) is 5.75 Å². The molecule has 0 saturated carbocycles. The zero-order chi connectivity index (χ0) is 14.6. The SMILES string of the molecule is COc1c(C)cc(CCC(C)(C)CC(=O)O)cc1C. The maximum atomic E-state index is 10.8. The van der Waals surface area contributed by atoms with E-state index in [9.17, 15) is 4.79 Å². The van der Waals surface area contributed by atoms with Gasteiger partial charge in [-0.15, -0.1) is 0 Å². The van der Waals surface area contributed by atoms with E-state index in [1.165, 1.54) is 5.56 Å². The van der Waals surface area contributed by atoms with Gasteiger partial charge in [-0.25, -0.2) is 0 Å². The van der Waals surface area contributed by atoms with Crippen molar-refractivity contribution in [2.24, 2.45) is 5.41 Å². The number of ether oxygens (including phenoxy) is 1. The van der Waals surface area contributed by atoms with Crippen LogP contribution in [0.15, 0.2) is 12.1 Å². The molecule has 0 heterocycles. The van der Waals surface area contributed by atoms with Crippen LogP contribution in [-0.4, -0.2) is 18.2 Å². The molecular weight excluding hydrogens is 240 g/mol. The Labute approximate surface area is 115 Å². The molecule has 0 atom stereocenters. The zero-order valence-corrected chi connectivity index (χ0v) is 12.5. The average molecular weight is 264 g/mol. The van der Waals surface area contributed by atoms with Gasteiger partial charge >= 0.3 is 5.97 Å². The summed E-state index contributed by atoms with van der Waals surface area (Å²) >= 11 is 0. The van der Waals surface area contributed by atoms with Gasteiger partial charge in [-0.2, -0.15) is 0 Å². The average Bonchev–Trinajstić information content (AvgIpc) is 2.24. The van der Waals surface area contributed by atoms with E-state index in [4.69, 9.17) is 9.84 Å². The van der Waals surface area contributed by atoms with Crippen LogP contribution in [0.25, 0.3) is 0 Å². The fourth-order valence-electron chi connectivity index (χ4n) is 2.49. The largest absolute Gasteiger partial charge is 0.496 e. The summed E-state index contributed by atoms with van der Waals surface area (Å²) in [6, 6.07) is 4.26. The smallest absolute Gasteiger partial charge is 0.303 e. The topological polar surface area (TPSA) is 46.5 Å². The number of hydrogen-bond donors (Lipinski definition) is 1. The molecular formula is C16H24O3. The fraction of sp³-hybridized carbons (Fsp3) is 0.562. The first-order valence-electron chi connectivity index (χ1n) is 6.61. The normalized spacial score (nSPS) is 11.4. The molecule has 0 aromatic heterocycles. The predicted molar refractivity (Wildman–Crippen MR) is 76.8 cm³/mol. The van der Waals surface area contributed by atoms with E-state index in [1.54, 1.807) is 7.11 Å². The summed E-state index contributed by atoms with van der Waals surface area (Å²) in [5, 5.41) is 8.89. The monoisotopic (exact) mass is 264 g/mol. The molecule has 0 aliphatic rings. The van der Waals surface area contributed by atoms with Gasteiger partial charge in [0.1, 0.15) is 5.75 Å². The van der Waals surface area contributed by atoms with Crippen LogP contribution in [-0.2, 0) is 11.2 Å². The number of rotatable bonds is 6. The Hall–Kier alpha value is -1.51. The molecule has 1 N–H and O–H groups in total. The predicted octanol–water partition coefficient (Wildman–Crippen LogP) is 3.75. The molecule has 1 rings (SSSR count). The fourth-order valence-corrected chi connectivity index (χ4v) is 2.49. The van der Waals surface area contributed by atoms with Crippen molar-refractivity contribution >= 4 is 5.97 Å². The Balaban J connectivity index is 2.76. The van der Waals surface area contributed by atoms with Gasteiger partial charge in [0.15, 0.2) is 0 Å². The van der Waals surface area contributed by atoms with Crippen molar-refractivity contribution in [1.82, 2.24) is 0 Å². The minimum Gasteiger partial charge on any atom is -0.496 e. The van der Waals surface area contributed by atoms with Crippen LogP contribution in [0.3, 0.4) is 0 Å². The first kappa shape index (κ1) is 15.5. The molecule has 1 aromatic rings. The summed E-state index contributed by atoms with van der Waals surface area (Å²) < 4.78 is 5.35. The molecule has 0 spiro atoms. The quantitative estimate of drug-likeness (QED) is 0.851. The highest BCUT2D eigenvalue weighted by molar-refractivity contribution is 5.67. The van der Waals surface area contributed by atoms with Crippen LogP contribution in [0.4, 0.5) is 0 Å². The van der Waals surface area contributed by atoms with Crippen LogP contribution in [0.2, 0.25) is 0 Å². The van der Waals surface area contributed by atoms with Crippen molar-refractivity contribution < 1.29 is 14.6 Å². The van der Waals surface area contributed by atoms with E-state index in [2.05, 4.69) is 12.1 Å². The summed E-state index contributed by atoms with van der Waals surface area (Å²) in [7, 11) is 1.69. The Morgan fingerprint density at radius 1 is 1.26 bits per heavy atom. The van der Waals surface area contributed by atoms with Gasteiger partial charge in [0.05, 0.1) is 13.5 Å². The summed E-state index contributed by atoms with van der Waals surface area (Å²) in [5.41, 5.74) is 3.34. The molecule has 0 fully saturated rings. The minimum atomic E-state index is -0.730. The Kier molecular flexibility index (Phi) is 4.98. The Morgan fingerprint density at radius 3 is 2.21 bits per heavy atom. The Bertz CT molecular complexity index is 438. The lowest BCUT2D eigenvalue weighted by atomic mass is 9.83. The van der Waals surface area contributed by atoms with Gasteiger partial charge in [-0.05, 0) is 48.8 Å². The third kappa shape index (κ3) is 4.58. The van der Waals surface area contributed by atoms with E-state index in [-0.39, 0.29) is 11.8 Å². The minimum absolute atomic E-state index is 0.173. The molecule has 0 unspecified atom stereocenters. The molecule has 0 saturated heterocycles. The highest BCUT2D eigenvalue weighted by atomic mass is 16.5. The number of aliphatic carboxylic acids is 1. The van der Waals surface area contributed by atoms with Gasteiger partial charge in [0.25, 0.3) is 0 Å².